The predicted molar refractivity (Wildman–Crippen MR) is 77.4 cm³/mol. The Balaban J connectivity index is 2.17. The molecule has 3 N–H and O–H groups in total. The van der Waals surface area contributed by atoms with Crippen molar-refractivity contribution in [1.82, 2.24) is 4.72 Å². The third-order valence-corrected chi connectivity index (χ3v) is 5.06. The van der Waals surface area contributed by atoms with Gasteiger partial charge in [0.2, 0.25) is 10.0 Å². The standard InChI is InChI=1S/C14H22N2O2S/c1-11-8-12(15)10-14(9-11)19(17,18)16-13-6-4-2-3-5-7-13/h8-10,13,16H,2-7,15H2,1H3. The van der Waals surface area contributed by atoms with Gasteiger partial charge in [0, 0.05) is 11.7 Å². The van der Waals surface area contributed by atoms with Crippen molar-refractivity contribution < 1.29 is 8.42 Å². The summed E-state index contributed by atoms with van der Waals surface area (Å²) in [6.45, 7) is 1.85. The Morgan fingerprint density at radius 2 is 1.74 bits per heavy atom. The number of nitrogens with two attached hydrogens (primary N) is 1. The fourth-order valence-electron chi connectivity index (χ4n) is 2.62. The van der Waals surface area contributed by atoms with Crippen LogP contribution in [-0.4, -0.2) is 14.5 Å². The molecule has 0 saturated heterocycles. The summed E-state index contributed by atoms with van der Waals surface area (Å²) < 4.78 is 27.5. The lowest BCUT2D eigenvalue weighted by atomic mass is 10.1. The molecule has 0 spiro atoms. The lowest BCUT2D eigenvalue weighted by molar-refractivity contribution is 0.510. The Morgan fingerprint density at radius 3 is 2.32 bits per heavy atom. The van der Waals surface area contributed by atoms with Gasteiger partial charge in [-0.2, -0.15) is 0 Å². The van der Waals surface area contributed by atoms with Crippen molar-refractivity contribution >= 4 is 15.7 Å². The highest BCUT2D eigenvalue weighted by Crippen LogP contribution is 2.21. The van der Waals surface area contributed by atoms with Gasteiger partial charge in [-0.15, -0.1) is 0 Å². The number of benzene rings is 1. The quantitative estimate of drug-likeness (QED) is 0.661. The molecule has 1 aliphatic rings. The molecular weight excluding hydrogens is 260 g/mol. The molecule has 0 heterocycles. The van der Waals surface area contributed by atoms with Crippen LogP contribution in [-0.2, 0) is 10.0 Å². The van der Waals surface area contributed by atoms with Crippen molar-refractivity contribution in [2.75, 3.05) is 5.73 Å². The maximum Gasteiger partial charge on any atom is 0.240 e. The van der Waals surface area contributed by atoms with Crippen LogP contribution in [0.2, 0.25) is 0 Å². The molecule has 0 bridgehead atoms. The zero-order valence-corrected chi connectivity index (χ0v) is 12.2. The molecule has 0 amide bonds. The van der Waals surface area contributed by atoms with Crippen molar-refractivity contribution in [2.24, 2.45) is 0 Å². The minimum absolute atomic E-state index is 0.0641. The molecular formula is C14H22N2O2S. The number of aryl methyl sites for hydroxylation is 1. The minimum Gasteiger partial charge on any atom is -0.399 e. The summed E-state index contributed by atoms with van der Waals surface area (Å²) in [4.78, 5) is 0.272. The van der Waals surface area contributed by atoms with Crippen LogP contribution in [0.15, 0.2) is 23.1 Å². The zero-order chi connectivity index (χ0) is 13.9. The SMILES string of the molecule is Cc1cc(N)cc(S(=O)(=O)NC2CCCCCC2)c1. The van der Waals surface area contributed by atoms with Crippen molar-refractivity contribution in [1.29, 1.82) is 0 Å². The highest BCUT2D eigenvalue weighted by atomic mass is 32.2. The third kappa shape index (κ3) is 3.94. The smallest absolute Gasteiger partial charge is 0.240 e. The van der Waals surface area contributed by atoms with Gasteiger partial charge in [-0.1, -0.05) is 25.7 Å². The monoisotopic (exact) mass is 282 g/mol. The number of hydrogen-bond acceptors (Lipinski definition) is 3. The number of nitrogens with one attached hydrogen (secondary N) is 1. The first-order valence-electron chi connectivity index (χ1n) is 6.87. The Morgan fingerprint density at radius 1 is 1.11 bits per heavy atom. The Hall–Kier alpha value is -1.07. The summed E-state index contributed by atoms with van der Waals surface area (Å²) in [6.07, 6.45) is 6.47. The second-order valence-electron chi connectivity index (χ2n) is 5.39. The Labute approximate surface area is 115 Å². The molecule has 5 heteroatoms. The van der Waals surface area contributed by atoms with Crippen LogP contribution in [0, 0.1) is 6.92 Å². The number of anilines is 1. The van der Waals surface area contributed by atoms with Crippen LogP contribution in [0.5, 0.6) is 0 Å². The first kappa shape index (κ1) is 14.3. The van der Waals surface area contributed by atoms with Crippen LogP contribution >= 0.6 is 0 Å². The van der Waals surface area contributed by atoms with Gasteiger partial charge >= 0.3 is 0 Å². The molecule has 19 heavy (non-hydrogen) atoms. The molecule has 1 aromatic rings. The van der Waals surface area contributed by atoms with Gasteiger partial charge in [-0.05, 0) is 43.5 Å². The van der Waals surface area contributed by atoms with E-state index in [9.17, 15) is 8.42 Å². The average molecular weight is 282 g/mol. The van der Waals surface area contributed by atoms with E-state index >= 15 is 0 Å². The molecule has 1 saturated carbocycles. The highest BCUT2D eigenvalue weighted by molar-refractivity contribution is 7.89. The Bertz CT molecular complexity index is 512. The first-order chi connectivity index (χ1) is 8.97. The van der Waals surface area contributed by atoms with Crippen LogP contribution in [0.25, 0.3) is 0 Å². The summed E-state index contributed by atoms with van der Waals surface area (Å²) in [5.41, 5.74) is 7.07. The van der Waals surface area contributed by atoms with Gasteiger partial charge in [-0.3, -0.25) is 0 Å². The summed E-state index contributed by atoms with van der Waals surface area (Å²) >= 11 is 0. The molecule has 0 atom stereocenters. The maximum atomic E-state index is 12.4. The lowest BCUT2D eigenvalue weighted by Crippen LogP contribution is -2.34. The van der Waals surface area contributed by atoms with Gasteiger partial charge < -0.3 is 5.73 Å². The number of sulfonamides is 1. The van der Waals surface area contributed by atoms with Gasteiger partial charge in [0.05, 0.1) is 4.90 Å². The number of nitrogen functional groups attached to an aromatic ring is 1. The first-order valence-corrected chi connectivity index (χ1v) is 8.35. The van der Waals surface area contributed by atoms with Crippen molar-refractivity contribution in [2.45, 2.75) is 56.4 Å². The van der Waals surface area contributed by atoms with Gasteiger partial charge in [0.15, 0.2) is 0 Å². The third-order valence-electron chi connectivity index (χ3n) is 3.56. The van der Waals surface area contributed by atoms with Gasteiger partial charge in [0.1, 0.15) is 0 Å². The van der Waals surface area contributed by atoms with E-state index in [1.165, 1.54) is 18.9 Å². The molecule has 0 aromatic heterocycles. The van der Waals surface area contributed by atoms with Crippen LogP contribution < -0.4 is 10.5 Å². The molecule has 0 aliphatic heterocycles. The second kappa shape index (κ2) is 5.92. The highest BCUT2D eigenvalue weighted by Gasteiger charge is 2.21. The second-order valence-corrected chi connectivity index (χ2v) is 7.10. The average Bonchev–Trinajstić information content (AvgIpc) is 2.55. The summed E-state index contributed by atoms with van der Waals surface area (Å²) in [5, 5.41) is 0. The summed E-state index contributed by atoms with van der Waals surface area (Å²) in [7, 11) is -3.45. The van der Waals surface area contributed by atoms with E-state index < -0.39 is 10.0 Å². The van der Waals surface area contributed by atoms with E-state index in [1.807, 2.05) is 6.92 Å². The van der Waals surface area contributed by atoms with E-state index in [0.29, 0.717) is 5.69 Å². The molecule has 106 valence electrons. The van der Waals surface area contributed by atoms with Crippen molar-refractivity contribution in [3.05, 3.63) is 23.8 Å². The van der Waals surface area contributed by atoms with Crippen LogP contribution in [0.1, 0.15) is 44.1 Å². The molecule has 4 nitrogen and oxygen atoms in total. The molecule has 0 radical (unpaired) electrons. The normalized spacial score (nSPS) is 18.2. The minimum atomic E-state index is -3.45. The van der Waals surface area contributed by atoms with E-state index in [-0.39, 0.29) is 10.9 Å². The molecule has 1 fully saturated rings. The zero-order valence-electron chi connectivity index (χ0n) is 11.4. The van der Waals surface area contributed by atoms with Crippen molar-refractivity contribution in [3.63, 3.8) is 0 Å². The molecule has 1 aliphatic carbocycles. The fourth-order valence-corrected chi connectivity index (χ4v) is 4.06. The molecule has 1 aromatic carbocycles. The summed E-state index contributed by atoms with van der Waals surface area (Å²) in [5.74, 6) is 0. The van der Waals surface area contributed by atoms with Crippen LogP contribution in [0.3, 0.4) is 0 Å². The molecule has 2 rings (SSSR count). The number of rotatable bonds is 3. The van der Waals surface area contributed by atoms with Crippen molar-refractivity contribution in [3.8, 4) is 0 Å². The largest absolute Gasteiger partial charge is 0.399 e. The van der Waals surface area contributed by atoms with E-state index in [4.69, 9.17) is 5.73 Å². The lowest BCUT2D eigenvalue weighted by Gasteiger charge is -2.16. The number of hydrogen-bond donors (Lipinski definition) is 2. The predicted octanol–water partition coefficient (Wildman–Crippen LogP) is 2.58. The van der Waals surface area contributed by atoms with Crippen LogP contribution in [0.4, 0.5) is 5.69 Å². The van der Waals surface area contributed by atoms with E-state index in [0.717, 1.165) is 31.2 Å². The fraction of sp³-hybridized carbons (Fsp3) is 0.571. The van der Waals surface area contributed by atoms with Gasteiger partial charge in [0.25, 0.3) is 0 Å². The molecule has 0 unspecified atom stereocenters. The topological polar surface area (TPSA) is 72.2 Å². The summed E-state index contributed by atoms with van der Waals surface area (Å²) in [6, 6.07) is 5.01. The maximum absolute atomic E-state index is 12.4. The Kier molecular flexibility index (Phi) is 4.47. The van der Waals surface area contributed by atoms with E-state index in [2.05, 4.69) is 4.72 Å². The van der Waals surface area contributed by atoms with Gasteiger partial charge in [-0.25, -0.2) is 13.1 Å². The van der Waals surface area contributed by atoms with E-state index in [1.54, 1.807) is 12.1 Å².